The van der Waals surface area contributed by atoms with Crippen molar-refractivity contribution in [1.29, 1.82) is 0 Å². The summed E-state index contributed by atoms with van der Waals surface area (Å²) in [5.41, 5.74) is 0.114. The Kier molecular flexibility index (Phi) is 5.74. The molecule has 1 saturated heterocycles. The average molecular weight is 302 g/mol. The van der Waals surface area contributed by atoms with Gasteiger partial charge in [-0.2, -0.15) is 0 Å². The van der Waals surface area contributed by atoms with Crippen LogP contribution in [-0.2, 0) is 4.79 Å². The first kappa shape index (κ1) is 17.1. The lowest BCUT2D eigenvalue weighted by Gasteiger charge is -2.30. The van der Waals surface area contributed by atoms with E-state index in [0.29, 0.717) is 18.2 Å². The van der Waals surface area contributed by atoms with Gasteiger partial charge in [0.1, 0.15) is 6.04 Å². The van der Waals surface area contributed by atoms with Gasteiger partial charge in [-0.1, -0.05) is 34.6 Å². The number of nitrogens with zero attached hydrogens (tertiary/aromatic N) is 1. The number of hydrogen-bond donors (Lipinski definition) is 2. The van der Waals surface area contributed by atoms with Crippen LogP contribution in [0, 0.1) is 11.3 Å². The third kappa shape index (κ3) is 4.04. The lowest BCUT2D eigenvalue weighted by Crippen LogP contribution is -2.51. The first-order valence-corrected chi connectivity index (χ1v) is 8.14. The molecule has 0 aliphatic carbocycles. The van der Waals surface area contributed by atoms with Gasteiger partial charge < -0.3 is 10.4 Å². The van der Waals surface area contributed by atoms with Gasteiger partial charge in [0, 0.05) is 12.3 Å². The van der Waals surface area contributed by atoms with Crippen LogP contribution in [-0.4, -0.2) is 45.7 Å². The molecule has 20 heavy (non-hydrogen) atoms. The summed E-state index contributed by atoms with van der Waals surface area (Å²) in [6.45, 7) is 11.0. The first-order valence-electron chi connectivity index (χ1n) is 7.09. The summed E-state index contributed by atoms with van der Waals surface area (Å²) in [6.07, 6.45) is 0.761. The van der Waals surface area contributed by atoms with E-state index in [4.69, 9.17) is 0 Å². The van der Waals surface area contributed by atoms with Crippen molar-refractivity contribution in [3.05, 3.63) is 0 Å². The number of urea groups is 1. The summed E-state index contributed by atoms with van der Waals surface area (Å²) in [4.78, 5) is 25.0. The van der Waals surface area contributed by atoms with Gasteiger partial charge in [0.05, 0.1) is 5.37 Å². The molecule has 0 aromatic heterocycles. The number of carboxylic acid groups (broad SMARTS) is 1. The lowest BCUT2D eigenvalue weighted by molar-refractivity contribution is -0.141. The zero-order chi connectivity index (χ0) is 15.5. The van der Waals surface area contributed by atoms with Crippen LogP contribution in [0.15, 0.2) is 0 Å². The van der Waals surface area contributed by atoms with E-state index >= 15 is 0 Å². The van der Waals surface area contributed by atoms with Gasteiger partial charge in [0.2, 0.25) is 0 Å². The molecule has 0 spiro atoms. The summed E-state index contributed by atoms with van der Waals surface area (Å²) < 4.78 is 0. The van der Waals surface area contributed by atoms with Crippen LogP contribution < -0.4 is 5.32 Å². The number of carbonyl (C=O) groups is 2. The fourth-order valence-corrected chi connectivity index (χ4v) is 3.33. The molecule has 0 aromatic carbocycles. The standard InChI is InChI=1S/C14H26N2O3S/c1-6-11-16(10(8-20-11)12(17)18)13(19)15-7-9(2)14(3,4)5/h9-11H,6-8H2,1-5H3,(H,15,19)(H,17,18). The third-order valence-electron chi connectivity index (χ3n) is 4.00. The number of thioether (sulfide) groups is 1. The average Bonchev–Trinajstić information content (AvgIpc) is 2.78. The molecule has 0 radical (unpaired) electrons. The summed E-state index contributed by atoms with van der Waals surface area (Å²) in [7, 11) is 0. The maximum absolute atomic E-state index is 12.3. The number of rotatable bonds is 4. The van der Waals surface area contributed by atoms with E-state index in [1.807, 2.05) is 6.92 Å². The van der Waals surface area contributed by atoms with Crippen molar-refractivity contribution in [2.75, 3.05) is 12.3 Å². The Bertz CT molecular complexity index is 368. The molecule has 0 bridgehead atoms. The second-order valence-corrected chi connectivity index (χ2v) is 7.62. The number of amides is 2. The second-order valence-electron chi connectivity index (χ2n) is 6.41. The molecule has 1 fully saturated rings. The molecule has 116 valence electrons. The van der Waals surface area contributed by atoms with E-state index in [1.54, 1.807) is 0 Å². The minimum atomic E-state index is -0.924. The van der Waals surface area contributed by atoms with Gasteiger partial charge in [-0.15, -0.1) is 11.8 Å². The van der Waals surface area contributed by atoms with Crippen LogP contribution in [0.3, 0.4) is 0 Å². The minimum absolute atomic E-state index is 0.0407. The highest BCUT2D eigenvalue weighted by atomic mass is 32.2. The summed E-state index contributed by atoms with van der Waals surface area (Å²) in [6, 6.07) is -0.972. The maximum atomic E-state index is 12.3. The fourth-order valence-electron chi connectivity index (χ4n) is 1.98. The zero-order valence-corrected chi connectivity index (χ0v) is 13.8. The van der Waals surface area contributed by atoms with E-state index in [9.17, 15) is 14.7 Å². The summed E-state index contributed by atoms with van der Waals surface area (Å²) >= 11 is 1.54. The molecular weight excluding hydrogens is 276 g/mol. The molecule has 3 unspecified atom stereocenters. The molecule has 1 rings (SSSR count). The van der Waals surface area contributed by atoms with Crippen molar-refractivity contribution in [1.82, 2.24) is 10.2 Å². The molecule has 6 heteroatoms. The van der Waals surface area contributed by atoms with Gasteiger partial charge in [-0.25, -0.2) is 9.59 Å². The van der Waals surface area contributed by atoms with Gasteiger partial charge in [0.25, 0.3) is 0 Å². The zero-order valence-electron chi connectivity index (χ0n) is 13.0. The number of aliphatic carboxylic acids is 1. The Morgan fingerprint density at radius 3 is 2.50 bits per heavy atom. The molecule has 5 nitrogen and oxygen atoms in total. The normalized spacial score (nSPS) is 24.6. The molecule has 3 atom stereocenters. The fraction of sp³-hybridized carbons (Fsp3) is 0.857. The topological polar surface area (TPSA) is 69.6 Å². The van der Waals surface area contributed by atoms with Gasteiger partial charge in [0.15, 0.2) is 0 Å². The van der Waals surface area contributed by atoms with Crippen LogP contribution in [0.25, 0.3) is 0 Å². The number of hydrogen-bond acceptors (Lipinski definition) is 3. The van der Waals surface area contributed by atoms with Gasteiger partial charge >= 0.3 is 12.0 Å². The van der Waals surface area contributed by atoms with Crippen LogP contribution in [0.5, 0.6) is 0 Å². The number of nitrogens with one attached hydrogen (secondary N) is 1. The highest BCUT2D eigenvalue weighted by molar-refractivity contribution is 8.00. The molecular formula is C14H26N2O3S. The lowest BCUT2D eigenvalue weighted by atomic mass is 9.82. The summed E-state index contributed by atoms with van der Waals surface area (Å²) in [5.74, 6) is -0.131. The molecule has 1 aliphatic rings. The molecule has 1 heterocycles. The van der Waals surface area contributed by atoms with E-state index in [1.165, 1.54) is 16.7 Å². The smallest absolute Gasteiger partial charge is 0.327 e. The van der Waals surface area contributed by atoms with E-state index in [0.717, 1.165) is 6.42 Å². The van der Waals surface area contributed by atoms with Crippen molar-refractivity contribution in [3.63, 3.8) is 0 Å². The molecule has 0 aromatic rings. The molecule has 2 N–H and O–H groups in total. The van der Waals surface area contributed by atoms with E-state index in [-0.39, 0.29) is 16.8 Å². The molecule has 0 saturated carbocycles. The van der Waals surface area contributed by atoms with Crippen LogP contribution >= 0.6 is 11.8 Å². The quantitative estimate of drug-likeness (QED) is 0.837. The largest absolute Gasteiger partial charge is 0.480 e. The predicted molar refractivity (Wildman–Crippen MR) is 81.8 cm³/mol. The monoisotopic (exact) mass is 302 g/mol. The Morgan fingerprint density at radius 2 is 2.05 bits per heavy atom. The minimum Gasteiger partial charge on any atom is -0.480 e. The summed E-state index contributed by atoms with van der Waals surface area (Å²) in [5, 5.41) is 12.1. The van der Waals surface area contributed by atoms with Crippen molar-refractivity contribution in [2.24, 2.45) is 11.3 Å². The highest BCUT2D eigenvalue weighted by Gasteiger charge is 2.40. The van der Waals surface area contributed by atoms with Crippen molar-refractivity contribution >= 4 is 23.8 Å². The Morgan fingerprint density at radius 1 is 1.45 bits per heavy atom. The first-order chi connectivity index (χ1) is 9.18. The van der Waals surface area contributed by atoms with E-state index < -0.39 is 12.0 Å². The van der Waals surface area contributed by atoms with Gasteiger partial charge in [-0.3, -0.25) is 4.90 Å². The van der Waals surface area contributed by atoms with Crippen LogP contribution in [0.1, 0.15) is 41.0 Å². The van der Waals surface area contributed by atoms with Crippen molar-refractivity contribution < 1.29 is 14.7 Å². The maximum Gasteiger partial charge on any atom is 0.327 e. The Balaban J connectivity index is 2.66. The van der Waals surface area contributed by atoms with Crippen molar-refractivity contribution in [2.45, 2.75) is 52.5 Å². The molecule has 2 amide bonds. The predicted octanol–water partition coefficient (Wildman–Crippen LogP) is 2.62. The third-order valence-corrected chi connectivity index (χ3v) is 5.45. The van der Waals surface area contributed by atoms with Crippen LogP contribution in [0.4, 0.5) is 4.79 Å². The van der Waals surface area contributed by atoms with Crippen LogP contribution in [0.2, 0.25) is 0 Å². The molecule has 1 aliphatic heterocycles. The van der Waals surface area contributed by atoms with Gasteiger partial charge in [-0.05, 0) is 17.8 Å². The SMILES string of the molecule is CCC1SCC(C(=O)O)N1C(=O)NCC(C)C(C)(C)C. The highest BCUT2D eigenvalue weighted by Crippen LogP contribution is 2.31. The number of carbonyl (C=O) groups excluding carboxylic acids is 1. The Hall–Kier alpha value is -0.910. The van der Waals surface area contributed by atoms with E-state index in [2.05, 4.69) is 33.0 Å². The Labute approximate surface area is 125 Å². The van der Waals surface area contributed by atoms with Crippen molar-refractivity contribution in [3.8, 4) is 0 Å². The second kappa shape index (κ2) is 6.70. The number of carboxylic acids is 1.